The normalized spacial score (nSPS) is 12.5. The van der Waals surface area contributed by atoms with Gasteiger partial charge in [0.2, 0.25) is 5.91 Å². The van der Waals surface area contributed by atoms with Crippen LogP contribution in [0.2, 0.25) is 0 Å². The molecular weight excluding hydrogens is 308 g/mol. The van der Waals surface area contributed by atoms with Crippen LogP contribution in [0.15, 0.2) is 42.5 Å². The van der Waals surface area contributed by atoms with Crippen LogP contribution >= 0.6 is 0 Å². The number of hydrogen-bond donors (Lipinski definition) is 2. The number of rotatable bonds is 5. The quantitative estimate of drug-likeness (QED) is 0.825. The summed E-state index contributed by atoms with van der Waals surface area (Å²) in [5, 5.41) is 4.93. The molecule has 0 fully saturated rings. The van der Waals surface area contributed by atoms with E-state index in [1.54, 1.807) is 25.3 Å². The first-order valence-electron chi connectivity index (χ1n) is 7.50. The van der Waals surface area contributed by atoms with E-state index in [0.29, 0.717) is 12.1 Å². The second kappa shape index (κ2) is 6.54. The monoisotopic (exact) mass is 324 g/mol. The van der Waals surface area contributed by atoms with Gasteiger partial charge in [-0.25, -0.2) is 0 Å². The number of benzene rings is 2. The Bertz CT molecular complexity index is 830. The molecule has 6 nitrogen and oxygen atoms in total. The summed E-state index contributed by atoms with van der Waals surface area (Å²) in [5.74, 6) is -0.437. The third-order valence-electron chi connectivity index (χ3n) is 3.85. The molecule has 3 amide bonds. The van der Waals surface area contributed by atoms with Gasteiger partial charge in [0, 0.05) is 6.42 Å². The Morgan fingerprint density at radius 1 is 1.08 bits per heavy atom. The first-order chi connectivity index (χ1) is 11.6. The first-order valence-corrected chi connectivity index (χ1v) is 7.50. The van der Waals surface area contributed by atoms with Crippen LogP contribution in [-0.2, 0) is 11.2 Å². The van der Waals surface area contributed by atoms with Crippen LogP contribution in [0.5, 0.6) is 5.75 Å². The first kappa shape index (κ1) is 15.7. The van der Waals surface area contributed by atoms with Crippen molar-refractivity contribution in [1.82, 2.24) is 5.32 Å². The van der Waals surface area contributed by atoms with E-state index in [0.717, 1.165) is 11.3 Å². The van der Waals surface area contributed by atoms with Crippen molar-refractivity contribution in [3.05, 3.63) is 59.2 Å². The minimum absolute atomic E-state index is 0.216. The number of anilines is 1. The molecular formula is C18H16N2O4. The third-order valence-corrected chi connectivity index (χ3v) is 3.85. The average Bonchev–Trinajstić information content (AvgIpc) is 2.88. The molecule has 2 N–H and O–H groups in total. The van der Waals surface area contributed by atoms with Gasteiger partial charge in [0.25, 0.3) is 11.8 Å². The van der Waals surface area contributed by atoms with Gasteiger partial charge in [-0.1, -0.05) is 24.3 Å². The molecule has 1 heterocycles. The van der Waals surface area contributed by atoms with E-state index in [2.05, 4.69) is 10.6 Å². The summed E-state index contributed by atoms with van der Waals surface area (Å²) in [5.41, 5.74) is 1.78. The summed E-state index contributed by atoms with van der Waals surface area (Å²) in [6.45, 7) is 0. The van der Waals surface area contributed by atoms with Crippen LogP contribution in [0.1, 0.15) is 32.7 Å². The van der Waals surface area contributed by atoms with Crippen molar-refractivity contribution in [2.75, 3.05) is 12.4 Å². The second-order valence-electron chi connectivity index (χ2n) is 5.37. The Labute approximate surface area is 138 Å². The van der Waals surface area contributed by atoms with E-state index in [1.807, 2.05) is 24.3 Å². The van der Waals surface area contributed by atoms with Gasteiger partial charge in [-0.05, 0) is 30.2 Å². The summed E-state index contributed by atoms with van der Waals surface area (Å²) in [4.78, 5) is 35.7. The lowest BCUT2D eigenvalue weighted by Crippen LogP contribution is -2.21. The number of imide groups is 1. The number of nitrogens with one attached hydrogen (secondary N) is 2. The van der Waals surface area contributed by atoms with Crippen molar-refractivity contribution in [2.45, 2.75) is 12.8 Å². The molecule has 0 radical (unpaired) electrons. The van der Waals surface area contributed by atoms with Gasteiger partial charge >= 0.3 is 0 Å². The lowest BCUT2D eigenvalue weighted by atomic mass is 10.1. The zero-order valence-corrected chi connectivity index (χ0v) is 13.1. The number of ether oxygens (including phenoxy) is 1. The molecule has 0 spiro atoms. The molecule has 3 rings (SSSR count). The summed E-state index contributed by atoms with van der Waals surface area (Å²) in [7, 11) is 1.59. The number of carbonyl (C=O) groups is 3. The highest BCUT2D eigenvalue weighted by Gasteiger charge is 2.29. The lowest BCUT2D eigenvalue weighted by Gasteiger charge is -2.10. The van der Waals surface area contributed by atoms with Crippen LogP contribution in [-0.4, -0.2) is 24.8 Å². The number of aryl methyl sites for hydroxylation is 1. The highest BCUT2D eigenvalue weighted by Crippen LogP contribution is 2.25. The maximum Gasteiger partial charge on any atom is 0.261 e. The summed E-state index contributed by atoms with van der Waals surface area (Å²) in [6, 6.07) is 12.3. The van der Waals surface area contributed by atoms with Crippen LogP contribution in [0, 0.1) is 0 Å². The van der Waals surface area contributed by atoms with Gasteiger partial charge in [0.15, 0.2) is 0 Å². The average molecular weight is 324 g/mol. The molecule has 2 aromatic carbocycles. The van der Waals surface area contributed by atoms with Crippen molar-refractivity contribution < 1.29 is 19.1 Å². The highest BCUT2D eigenvalue weighted by molar-refractivity contribution is 6.24. The molecule has 0 atom stereocenters. The molecule has 0 saturated heterocycles. The Balaban J connectivity index is 1.71. The largest absolute Gasteiger partial charge is 0.496 e. The maximum atomic E-state index is 12.2. The van der Waals surface area contributed by atoms with Gasteiger partial charge in [0.05, 0.1) is 23.9 Å². The van der Waals surface area contributed by atoms with Crippen LogP contribution in [0.4, 0.5) is 5.69 Å². The number of para-hydroxylation sites is 1. The number of amides is 3. The van der Waals surface area contributed by atoms with Gasteiger partial charge in [-0.2, -0.15) is 0 Å². The number of methoxy groups -OCH3 is 1. The molecule has 2 aromatic rings. The van der Waals surface area contributed by atoms with Crippen LogP contribution < -0.4 is 15.4 Å². The van der Waals surface area contributed by atoms with E-state index in [9.17, 15) is 14.4 Å². The number of carbonyl (C=O) groups excluding carboxylic acids is 3. The third kappa shape index (κ3) is 2.99. The maximum absolute atomic E-state index is 12.2. The zero-order chi connectivity index (χ0) is 17.1. The Hall–Kier alpha value is -3.15. The van der Waals surface area contributed by atoms with Crippen molar-refractivity contribution in [3.8, 4) is 5.75 Å². The molecule has 0 unspecified atom stereocenters. The fourth-order valence-electron chi connectivity index (χ4n) is 2.69. The molecule has 0 saturated carbocycles. The van der Waals surface area contributed by atoms with Crippen LogP contribution in [0.3, 0.4) is 0 Å². The minimum Gasteiger partial charge on any atom is -0.496 e. The van der Waals surface area contributed by atoms with Gasteiger partial charge in [-0.3, -0.25) is 19.7 Å². The van der Waals surface area contributed by atoms with Crippen molar-refractivity contribution in [3.63, 3.8) is 0 Å². The minimum atomic E-state index is -0.490. The number of hydrogen-bond acceptors (Lipinski definition) is 4. The van der Waals surface area contributed by atoms with E-state index in [4.69, 9.17) is 4.74 Å². The predicted octanol–water partition coefficient (Wildman–Crippen LogP) is 2.15. The summed E-state index contributed by atoms with van der Waals surface area (Å²) in [6.07, 6.45) is 0.746. The Kier molecular flexibility index (Phi) is 4.29. The van der Waals surface area contributed by atoms with Gasteiger partial charge < -0.3 is 10.1 Å². The fraction of sp³-hybridized carbons (Fsp3) is 0.167. The fourth-order valence-corrected chi connectivity index (χ4v) is 2.69. The number of fused-ring (bicyclic) bond motifs is 1. The summed E-state index contributed by atoms with van der Waals surface area (Å²) < 4.78 is 5.26. The molecule has 24 heavy (non-hydrogen) atoms. The smallest absolute Gasteiger partial charge is 0.261 e. The van der Waals surface area contributed by atoms with Gasteiger partial charge in [-0.15, -0.1) is 0 Å². The van der Waals surface area contributed by atoms with Gasteiger partial charge in [0.1, 0.15) is 5.75 Å². The molecule has 0 bridgehead atoms. The lowest BCUT2D eigenvalue weighted by molar-refractivity contribution is -0.116. The SMILES string of the molecule is COc1ccccc1CCC(=O)Nc1cccc2c1C(=O)NC2=O. The highest BCUT2D eigenvalue weighted by atomic mass is 16.5. The molecule has 1 aliphatic heterocycles. The Morgan fingerprint density at radius 2 is 1.88 bits per heavy atom. The molecule has 122 valence electrons. The Morgan fingerprint density at radius 3 is 2.67 bits per heavy atom. The second-order valence-corrected chi connectivity index (χ2v) is 5.37. The van der Waals surface area contributed by atoms with E-state index < -0.39 is 11.8 Å². The molecule has 6 heteroatoms. The van der Waals surface area contributed by atoms with Crippen molar-refractivity contribution >= 4 is 23.4 Å². The van der Waals surface area contributed by atoms with E-state index >= 15 is 0 Å². The predicted molar refractivity (Wildman–Crippen MR) is 88.2 cm³/mol. The molecule has 0 aliphatic carbocycles. The molecule has 0 aromatic heterocycles. The zero-order valence-electron chi connectivity index (χ0n) is 13.1. The standard InChI is InChI=1S/C18H16N2O4/c1-24-14-8-3-2-5-11(14)9-10-15(21)19-13-7-4-6-12-16(13)18(23)20-17(12)22/h2-8H,9-10H2,1H3,(H,19,21)(H,20,22,23). The van der Waals surface area contributed by atoms with E-state index in [-0.39, 0.29) is 23.5 Å². The van der Waals surface area contributed by atoms with Crippen LogP contribution in [0.25, 0.3) is 0 Å². The van der Waals surface area contributed by atoms with Crippen molar-refractivity contribution in [1.29, 1.82) is 0 Å². The summed E-state index contributed by atoms with van der Waals surface area (Å²) >= 11 is 0. The van der Waals surface area contributed by atoms with Crippen molar-refractivity contribution in [2.24, 2.45) is 0 Å². The molecule has 1 aliphatic rings. The topological polar surface area (TPSA) is 84.5 Å². The van der Waals surface area contributed by atoms with E-state index in [1.165, 1.54) is 0 Å².